The second kappa shape index (κ2) is 4.58. The van der Waals surface area contributed by atoms with Crippen LogP contribution in [0.3, 0.4) is 0 Å². The largest absolute Gasteiger partial charge is 0.399 e. The molecule has 1 heterocycles. The zero-order valence-corrected chi connectivity index (χ0v) is 11.6. The Kier molecular flexibility index (Phi) is 2.70. The fourth-order valence-corrected chi connectivity index (χ4v) is 2.80. The van der Waals surface area contributed by atoms with Gasteiger partial charge in [0.25, 0.3) is 0 Å². The Morgan fingerprint density at radius 2 is 2.05 bits per heavy atom. The summed E-state index contributed by atoms with van der Waals surface area (Å²) in [5.41, 5.74) is 9.51. The van der Waals surface area contributed by atoms with Crippen molar-refractivity contribution in [3.05, 3.63) is 59.7 Å². The first kappa shape index (κ1) is 12.4. The van der Waals surface area contributed by atoms with Gasteiger partial charge in [-0.05, 0) is 48.7 Å². The van der Waals surface area contributed by atoms with E-state index in [0.717, 1.165) is 28.1 Å². The molecule has 3 aromatic rings. The van der Waals surface area contributed by atoms with Crippen molar-refractivity contribution in [3.8, 4) is 0 Å². The number of rotatable bonds is 3. The molecule has 4 heteroatoms. The molecule has 1 aliphatic carbocycles. The van der Waals surface area contributed by atoms with E-state index in [0.29, 0.717) is 12.5 Å². The third kappa shape index (κ3) is 2.27. The highest BCUT2D eigenvalue weighted by Crippen LogP contribution is 2.41. The molecule has 0 atom stereocenters. The van der Waals surface area contributed by atoms with E-state index < -0.39 is 0 Å². The summed E-state index contributed by atoms with van der Waals surface area (Å²) in [6.45, 7) is 0.643. The van der Waals surface area contributed by atoms with Crippen molar-refractivity contribution in [1.82, 2.24) is 9.55 Å². The van der Waals surface area contributed by atoms with Gasteiger partial charge in [-0.15, -0.1) is 0 Å². The molecule has 0 unspecified atom stereocenters. The van der Waals surface area contributed by atoms with Gasteiger partial charge in [0.05, 0.1) is 11.0 Å². The number of anilines is 1. The van der Waals surface area contributed by atoms with Crippen molar-refractivity contribution in [2.75, 3.05) is 5.73 Å². The van der Waals surface area contributed by atoms with Crippen LogP contribution in [0.1, 0.15) is 30.1 Å². The van der Waals surface area contributed by atoms with Crippen molar-refractivity contribution < 1.29 is 4.39 Å². The maximum atomic E-state index is 13.4. The SMILES string of the molecule is Nc1ccc2c(c1)nc(C1CC1)n2Cc1cccc(F)c1. The summed E-state index contributed by atoms with van der Waals surface area (Å²) in [7, 11) is 0. The van der Waals surface area contributed by atoms with Gasteiger partial charge >= 0.3 is 0 Å². The molecule has 1 aliphatic rings. The van der Waals surface area contributed by atoms with Gasteiger partial charge in [-0.3, -0.25) is 0 Å². The number of hydrogen-bond acceptors (Lipinski definition) is 2. The summed E-state index contributed by atoms with van der Waals surface area (Å²) >= 11 is 0. The van der Waals surface area contributed by atoms with Crippen molar-refractivity contribution >= 4 is 16.7 Å². The highest BCUT2D eigenvalue weighted by atomic mass is 19.1. The number of nitrogens with two attached hydrogens (primary N) is 1. The minimum Gasteiger partial charge on any atom is -0.399 e. The number of hydrogen-bond donors (Lipinski definition) is 1. The first-order valence-corrected chi connectivity index (χ1v) is 7.21. The van der Waals surface area contributed by atoms with E-state index in [1.165, 1.54) is 18.9 Å². The van der Waals surface area contributed by atoms with Crippen LogP contribution in [0.15, 0.2) is 42.5 Å². The molecule has 1 fully saturated rings. The van der Waals surface area contributed by atoms with Crippen molar-refractivity contribution in [2.24, 2.45) is 0 Å². The van der Waals surface area contributed by atoms with Crippen LogP contribution in [0.4, 0.5) is 10.1 Å². The number of benzene rings is 2. The normalized spacial score (nSPS) is 14.7. The standard InChI is InChI=1S/C17H16FN3/c18-13-3-1-2-11(8-13)10-21-16-7-6-14(19)9-15(16)20-17(21)12-4-5-12/h1-3,6-9,12H,4-5,10,19H2. The Morgan fingerprint density at radius 3 is 2.81 bits per heavy atom. The van der Waals surface area contributed by atoms with Gasteiger partial charge in [0, 0.05) is 18.2 Å². The minimum absolute atomic E-state index is 0.200. The molecular weight excluding hydrogens is 265 g/mol. The van der Waals surface area contributed by atoms with Gasteiger partial charge in [0.1, 0.15) is 11.6 Å². The Bertz CT molecular complexity index is 818. The molecule has 0 amide bonds. The average Bonchev–Trinajstić information content (AvgIpc) is 3.23. The summed E-state index contributed by atoms with van der Waals surface area (Å²) in [6, 6.07) is 12.5. The number of imidazole rings is 1. The lowest BCUT2D eigenvalue weighted by atomic mass is 10.2. The van der Waals surface area contributed by atoms with Crippen LogP contribution >= 0.6 is 0 Å². The van der Waals surface area contributed by atoms with Crippen molar-refractivity contribution in [2.45, 2.75) is 25.3 Å². The molecule has 4 rings (SSSR count). The highest BCUT2D eigenvalue weighted by molar-refractivity contribution is 5.80. The first-order chi connectivity index (χ1) is 10.2. The topological polar surface area (TPSA) is 43.8 Å². The minimum atomic E-state index is -0.200. The van der Waals surface area contributed by atoms with E-state index in [9.17, 15) is 4.39 Å². The fourth-order valence-electron chi connectivity index (χ4n) is 2.80. The summed E-state index contributed by atoms with van der Waals surface area (Å²) in [6.07, 6.45) is 2.36. The molecule has 0 spiro atoms. The smallest absolute Gasteiger partial charge is 0.123 e. The van der Waals surface area contributed by atoms with Gasteiger partial charge in [0.15, 0.2) is 0 Å². The second-order valence-corrected chi connectivity index (χ2v) is 5.71. The van der Waals surface area contributed by atoms with E-state index in [4.69, 9.17) is 10.7 Å². The maximum Gasteiger partial charge on any atom is 0.123 e. The van der Waals surface area contributed by atoms with Crippen LogP contribution in [0, 0.1) is 5.82 Å². The quantitative estimate of drug-likeness (QED) is 0.744. The van der Waals surface area contributed by atoms with E-state index in [2.05, 4.69) is 4.57 Å². The lowest BCUT2D eigenvalue weighted by Crippen LogP contribution is -2.04. The van der Waals surface area contributed by atoms with Crippen LogP contribution < -0.4 is 5.73 Å². The lowest BCUT2D eigenvalue weighted by molar-refractivity contribution is 0.623. The van der Waals surface area contributed by atoms with Crippen LogP contribution in [0.2, 0.25) is 0 Å². The molecule has 3 nitrogen and oxygen atoms in total. The molecule has 2 aromatic carbocycles. The van der Waals surface area contributed by atoms with Crippen molar-refractivity contribution in [1.29, 1.82) is 0 Å². The first-order valence-electron chi connectivity index (χ1n) is 7.21. The van der Waals surface area contributed by atoms with E-state index in [1.54, 1.807) is 12.1 Å². The van der Waals surface area contributed by atoms with Gasteiger partial charge < -0.3 is 10.3 Å². The predicted molar refractivity (Wildman–Crippen MR) is 81.6 cm³/mol. The molecule has 106 valence electrons. The van der Waals surface area contributed by atoms with Crippen LogP contribution in [0.5, 0.6) is 0 Å². The zero-order chi connectivity index (χ0) is 14.4. The Hall–Kier alpha value is -2.36. The zero-order valence-electron chi connectivity index (χ0n) is 11.6. The van der Waals surface area contributed by atoms with Crippen molar-refractivity contribution in [3.63, 3.8) is 0 Å². The van der Waals surface area contributed by atoms with Gasteiger partial charge in [-0.1, -0.05) is 12.1 Å². The fraction of sp³-hybridized carbons (Fsp3) is 0.235. The summed E-state index contributed by atoms with van der Waals surface area (Å²) in [5, 5.41) is 0. The third-order valence-corrected chi connectivity index (χ3v) is 3.97. The molecule has 1 saturated carbocycles. The van der Waals surface area contributed by atoms with Gasteiger partial charge in [-0.2, -0.15) is 0 Å². The van der Waals surface area contributed by atoms with Crippen LogP contribution in [0.25, 0.3) is 11.0 Å². The van der Waals surface area contributed by atoms with E-state index >= 15 is 0 Å². The molecule has 0 radical (unpaired) electrons. The summed E-state index contributed by atoms with van der Waals surface area (Å²) in [4.78, 5) is 4.74. The lowest BCUT2D eigenvalue weighted by Gasteiger charge is -2.09. The predicted octanol–water partition coefficient (Wildman–Crippen LogP) is 3.68. The van der Waals surface area contributed by atoms with E-state index in [1.807, 2.05) is 24.3 Å². The third-order valence-electron chi connectivity index (χ3n) is 3.97. The number of aromatic nitrogens is 2. The van der Waals surface area contributed by atoms with Crippen LogP contribution in [-0.4, -0.2) is 9.55 Å². The number of halogens is 1. The molecule has 2 N–H and O–H groups in total. The molecule has 1 aromatic heterocycles. The molecule has 0 saturated heterocycles. The molecule has 21 heavy (non-hydrogen) atoms. The Balaban J connectivity index is 1.84. The number of fused-ring (bicyclic) bond motifs is 1. The Labute approximate surface area is 122 Å². The van der Waals surface area contributed by atoms with Gasteiger partial charge in [0.2, 0.25) is 0 Å². The van der Waals surface area contributed by atoms with Crippen LogP contribution in [-0.2, 0) is 6.54 Å². The van der Waals surface area contributed by atoms with Gasteiger partial charge in [-0.25, -0.2) is 9.37 Å². The molecule has 0 aliphatic heterocycles. The molecular formula is C17H16FN3. The number of nitrogens with zero attached hydrogens (tertiary/aromatic N) is 2. The molecule has 0 bridgehead atoms. The second-order valence-electron chi connectivity index (χ2n) is 5.71. The van der Waals surface area contributed by atoms with E-state index in [-0.39, 0.29) is 5.82 Å². The highest BCUT2D eigenvalue weighted by Gasteiger charge is 2.29. The summed E-state index contributed by atoms with van der Waals surface area (Å²) < 4.78 is 15.6. The number of nitrogen functional groups attached to an aromatic ring is 1. The average molecular weight is 281 g/mol. The maximum absolute atomic E-state index is 13.4. The summed E-state index contributed by atoms with van der Waals surface area (Å²) in [5.74, 6) is 1.43. The monoisotopic (exact) mass is 281 g/mol. The Morgan fingerprint density at radius 1 is 1.19 bits per heavy atom.